The Morgan fingerprint density at radius 1 is 1.06 bits per heavy atom. The van der Waals surface area contributed by atoms with Gasteiger partial charge in [-0.3, -0.25) is 9.59 Å². The molecule has 0 bridgehead atoms. The number of rotatable bonds is 2. The van der Waals surface area contributed by atoms with Crippen molar-refractivity contribution in [1.82, 2.24) is 0 Å². The number of carboxylic acids is 1. The molecular weight excluding hydrogens is 464 g/mol. The van der Waals surface area contributed by atoms with Crippen molar-refractivity contribution >= 4 is 29.8 Å². The number of Topliss-reactive ketones (excluding diaryl/α,β-unsaturated/α-hetero) is 1. The molecule has 0 radical (unpaired) electrons. The Kier molecular flexibility index (Phi) is 7.52. The lowest BCUT2D eigenvalue weighted by atomic mass is 9.83. The second-order valence-corrected chi connectivity index (χ2v) is 9.20. The molecular formula is C28H28O8. The number of carbonyl (C=O) groups is 4. The fourth-order valence-electron chi connectivity index (χ4n) is 4.66. The number of allylic oxidation sites excluding steroid dienone is 1. The summed E-state index contributed by atoms with van der Waals surface area (Å²) in [7, 11) is 0. The first-order valence-corrected chi connectivity index (χ1v) is 12.1. The van der Waals surface area contributed by atoms with E-state index < -0.39 is 29.9 Å². The number of carbonyl (C=O) groups excluding carboxylic acids is 3. The Hall–Kier alpha value is -3.94. The summed E-state index contributed by atoms with van der Waals surface area (Å²) in [4.78, 5) is 48.9. The van der Waals surface area contributed by atoms with Crippen LogP contribution in [-0.4, -0.2) is 40.0 Å². The standard InChI is InChI=1S/C28H28O8/c1-16-6-5-9-20(29)8-4-2-3-7-19-14-22-25(26(31)24(19)28(34)35-16)21(15-23(30)36-22)17-10-12-18(13-11-17)27(32)33/h3,7,10-14,16,21,31H,2,4-6,8-9,15H2,1H3,(H,32,33)/t16-,21-/m0/s1. The second-order valence-electron chi connectivity index (χ2n) is 9.20. The Bertz CT molecular complexity index is 1230. The highest BCUT2D eigenvalue weighted by Gasteiger charge is 2.35. The summed E-state index contributed by atoms with van der Waals surface area (Å²) < 4.78 is 11.1. The Balaban J connectivity index is 1.80. The summed E-state index contributed by atoms with van der Waals surface area (Å²) in [6.45, 7) is 1.74. The molecule has 8 heteroatoms. The summed E-state index contributed by atoms with van der Waals surface area (Å²) in [5.41, 5.74) is 1.31. The molecule has 2 atom stereocenters. The van der Waals surface area contributed by atoms with Crippen molar-refractivity contribution in [3.8, 4) is 11.5 Å². The molecule has 2 heterocycles. The summed E-state index contributed by atoms with van der Waals surface area (Å²) >= 11 is 0. The van der Waals surface area contributed by atoms with Gasteiger partial charge >= 0.3 is 17.9 Å². The van der Waals surface area contributed by atoms with Gasteiger partial charge in [-0.05, 0) is 61.9 Å². The first-order chi connectivity index (χ1) is 17.2. The van der Waals surface area contributed by atoms with Gasteiger partial charge in [-0.1, -0.05) is 24.3 Å². The van der Waals surface area contributed by atoms with E-state index in [1.165, 1.54) is 12.1 Å². The lowest BCUT2D eigenvalue weighted by molar-refractivity contribution is -0.135. The van der Waals surface area contributed by atoms with Gasteiger partial charge in [0.1, 0.15) is 22.8 Å². The van der Waals surface area contributed by atoms with Crippen molar-refractivity contribution in [2.45, 2.75) is 63.9 Å². The molecule has 2 aromatic carbocycles. The summed E-state index contributed by atoms with van der Waals surface area (Å²) in [5.74, 6) is -2.94. The average molecular weight is 493 g/mol. The van der Waals surface area contributed by atoms with Crippen LogP contribution in [0.5, 0.6) is 11.5 Å². The van der Waals surface area contributed by atoms with Crippen molar-refractivity contribution < 1.29 is 38.9 Å². The second kappa shape index (κ2) is 10.8. The van der Waals surface area contributed by atoms with Gasteiger partial charge in [0.25, 0.3) is 0 Å². The van der Waals surface area contributed by atoms with E-state index in [4.69, 9.17) is 9.47 Å². The first kappa shape index (κ1) is 25.2. The van der Waals surface area contributed by atoms with Gasteiger partial charge in [0.15, 0.2) is 0 Å². The molecule has 0 saturated heterocycles. The highest BCUT2D eigenvalue weighted by Crippen LogP contribution is 2.47. The van der Waals surface area contributed by atoms with Crippen LogP contribution < -0.4 is 4.74 Å². The normalized spacial score (nSPS) is 21.0. The lowest BCUT2D eigenvalue weighted by Crippen LogP contribution is -2.23. The number of phenolic OH excluding ortho intramolecular Hbond substituents is 1. The average Bonchev–Trinajstić information content (AvgIpc) is 2.82. The molecule has 8 nitrogen and oxygen atoms in total. The van der Waals surface area contributed by atoms with Crippen LogP contribution in [-0.2, 0) is 14.3 Å². The van der Waals surface area contributed by atoms with Crippen LogP contribution >= 0.6 is 0 Å². The molecule has 0 amide bonds. The third-order valence-electron chi connectivity index (χ3n) is 6.54. The fourth-order valence-corrected chi connectivity index (χ4v) is 4.66. The third kappa shape index (κ3) is 5.48. The number of aromatic hydroxyl groups is 1. The van der Waals surface area contributed by atoms with Crippen LogP contribution in [0, 0.1) is 0 Å². The van der Waals surface area contributed by atoms with Crippen LogP contribution in [0.3, 0.4) is 0 Å². The quantitative estimate of drug-likeness (QED) is 0.442. The highest BCUT2D eigenvalue weighted by atomic mass is 16.5. The van der Waals surface area contributed by atoms with Crippen molar-refractivity contribution in [1.29, 1.82) is 0 Å². The third-order valence-corrected chi connectivity index (χ3v) is 6.54. The molecule has 0 aromatic heterocycles. The zero-order chi connectivity index (χ0) is 25.8. The molecule has 4 rings (SSSR count). The van der Waals surface area contributed by atoms with E-state index >= 15 is 0 Å². The zero-order valence-corrected chi connectivity index (χ0v) is 20.0. The van der Waals surface area contributed by atoms with E-state index in [9.17, 15) is 29.4 Å². The minimum atomic E-state index is -1.08. The predicted octanol–water partition coefficient (Wildman–Crippen LogP) is 5.01. The van der Waals surface area contributed by atoms with Crippen molar-refractivity contribution in [3.05, 3.63) is 64.2 Å². The van der Waals surface area contributed by atoms with Gasteiger partial charge in [0.2, 0.25) is 0 Å². The lowest BCUT2D eigenvalue weighted by Gasteiger charge is -2.27. The molecule has 0 fully saturated rings. The number of carboxylic acid groups (broad SMARTS) is 1. The monoisotopic (exact) mass is 492 g/mol. The maximum absolute atomic E-state index is 13.2. The number of cyclic esters (lactones) is 1. The maximum atomic E-state index is 13.2. The van der Waals surface area contributed by atoms with E-state index in [0.717, 1.165) is 0 Å². The fraction of sp³-hybridized carbons (Fsp3) is 0.357. The molecule has 2 N–H and O–H groups in total. The van der Waals surface area contributed by atoms with Gasteiger partial charge in [-0.15, -0.1) is 0 Å². The number of hydrogen-bond acceptors (Lipinski definition) is 7. The molecule has 0 saturated carbocycles. The van der Waals surface area contributed by atoms with Gasteiger partial charge < -0.3 is 19.7 Å². The van der Waals surface area contributed by atoms with Crippen molar-refractivity contribution in [2.24, 2.45) is 0 Å². The molecule has 0 unspecified atom stereocenters. The number of ketones is 1. The summed E-state index contributed by atoms with van der Waals surface area (Å²) in [6, 6.07) is 7.57. The topological polar surface area (TPSA) is 127 Å². The number of hydrogen-bond donors (Lipinski definition) is 2. The number of fused-ring (bicyclic) bond motifs is 2. The van der Waals surface area contributed by atoms with Gasteiger partial charge in [0.05, 0.1) is 18.1 Å². The minimum Gasteiger partial charge on any atom is -0.507 e. The number of ether oxygens (including phenoxy) is 2. The predicted molar refractivity (Wildman–Crippen MR) is 130 cm³/mol. The number of benzene rings is 2. The molecule has 2 aliphatic rings. The van der Waals surface area contributed by atoms with E-state index in [-0.39, 0.29) is 40.4 Å². The SMILES string of the molecule is C[C@H]1CCCC(=O)CCCC=Cc2cc3c(c(O)c2C(=O)O1)[C@H](c1ccc(C(=O)O)cc1)CC(=O)O3. The molecule has 0 aliphatic carbocycles. The van der Waals surface area contributed by atoms with Gasteiger partial charge in [0, 0.05) is 24.3 Å². The molecule has 2 aliphatic heterocycles. The van der Waals surface area contributed by atoms with E-state index in [1.807, 2.05) is 6.08 Å². The Labute approximate surface area is 208 Å². The van der Waals surface area contributed by atoms with Crippen molar-refractivity contribution in [3.63, 3.8) is 0 Å². The first-order valence-electron chi connectivity index (χ1n) is 12.1. The van der Waals surface area contributed by atoms with Crippen LogP contribution in [0.25, 0.3) is 6.08 Å². The van der Waals surface area contributed by atoms with Crippen LogP contribution in [0.4, 0.5) is 0 Å². The number of esters is 2. The van der Waals surface area contributed by atoms with Crippen LogP contribution in [0.2, 0.25) is 0 Å². The Morgan fingerprint density at radius 2 is 1.78 bits per heavy atom. The van der Waals surface area contributed by atoms with E-state index in [0.29, 0.717) is 49.7 Å². The maximum Gasteiger partial charge on any atom is 0.342 e. The minimum absolute atomic E-state index is 0.0184. The van der Waals surface area contributed by atoms with Gasteiger partial charge in [-0.25, -0.2) is 9.59 Å². The Morgan fingerprint density at radius 3 is 2.50 bits per heavy atom. The molecule has 188 valence electrons. The smallest absolute Gasteiger partial charge is 0.342 e. The summed E-state index contributed by atoms with van der Waals surface area (Å²) in [6.07, 6.45) is 6.25. The van der Waals surface area contributed by atoms with E-state index in [2.05, 4.69) is 0 Å². The number of aromatic carboxylic acids is 1. The van der Waals surface area contributed by atoms with Gasteiger partial charge in [-0.2, -0.15) is 0 Å². The van der Waals surface area contributed by atoms with Crippen LogP contribution in [0.15, 0.2) is 36.4 Å². The van der Waals surface area contributed by atoms with Crippen LogP contribution in [0.1, 0.15) is 95.2 Å². The number of phenols is 1. The highest BCUT2D eigenvalue weighted by molar-refractivity contribution is 5.98. The largest absolute Gasteiger partial charge is 0.507 e. The van der Waals surface area contributed by atoms with Crippen molar-refractivity contribution in [2.75, 3.05) is 0 Å². The molecule has 0 spiro atoms. The zero-order valence-electron chi connectivity index (χ0n) is 20.0. The summed E-state index contributed by atoms with van der Waals surface area (Å²) in [5, 5.41) is 20.6. The van der Waals surface area contributed by atoms with E-state index in [1.54, 1.807) is 31.2 Å². The molecule has 2 aromatic rings. The molecule has 36 heavy (non-hydrogen) atoms.